The van der Waals surface area contributed by atoms with Crippen LogP contribution in [0.25, 0.3) is 11.3 Å². The molecular formula is C19H16IN5O. The Morgan fingerprint density at radius 1 is 1.23 bits per heavy atom. The predicted octanol–water partition coefficient (Wildman–Crippen LogP) is 3.45. The standard InChI is InChI=1S/C19H16IN5O/c20-13-4-5-15-16(8-13)24-17(26)7-12-10-22-19(25-18(12)15)23-14-3-1-2-11(6-14)9-21/h1-6,8,10H,7,9,21H2,(H,24,26)(H,22,23,25). The summed E-state index contributed by atoms with van der Waals surface area (Å²) in [5.74, 6) is 0.420. The molecule has 1 aliphatic rings. The molecule has 0 saturated carbocycles. The number of rotatable bonds is 3. The third-order valence-corrected chi connectivity index (χ3v) is 4.82. The number of carbonyl (C=O) groups is 1. The second-order valence-corrected chi connectivity index (χ2v) is 7.26. The molecule has 0 aliphatic carbocycles. The van der Waals surface area contributed by atoms with Gasteiger partial charge in [0.05, 0.1) is 17.8 Å². The number of hydrogen-bond donors (Lipinski definition) is 3. The summed E-state index contributed by atoms with van der Waals surface area (Å²) in [6.07, 6.45) is 1.97. The molecule has 6 nitrogen and oxygen atoms in total. The molecule has 3 aromatic rings. The van der Waals surface area contributed by atoms with Gasteiger partial charge in [0.15, 0.2) is 0 Å². The number of nitrogens with one attached hydrogen (secondary N) is 2. The first-order valence-corrected chi connectivity index (χ1v) is 9.22. The van der Waals surface area contributed by atoms with Crippen LogP contribution in [0.3, 0.4) is 0 Å². The van der Waals surface area contributed by atoms with Crippen LogP contribution in [-0.4, -0.2) is 15.9 Å². The molecule has 4 rings (SSSR count). The fraction of sp³-hybridized carbons (Fsp3) is 0.105. The van der Waals surface area contributed by atoms with Crippen LogP contribution in [0.4, 0.5) is 17.3 Å². The van der Waals surface area contributed by atoms with E-state index in [1.165, 1.54) is 0 Å². The van der Waals surface area contributed by atoms with E-state index in [1.807, 2.05) is 42.5 Å². The highest BCUT2D eigenvalue weighted by Crippen LogP contribution is 2.34. The molecule has 1 aromatic heterocycles. The first kappa shape index (κ1) is 16.9. The maximum Gasteiger partial charge on any atom is 0.228 e. The predicted molar refractivity (Wildman–Crippen MR) is 110 cm³/mol. The van der Waals surface area contributed by atoms with Gasteiger partial charge in [0, 0.05) is 33.1 Å². The molecule has 0 fully saturated rings. The summed E-state index contributed by atoms with van der Waals surface area (Å²) in [4.78, 5) is 21.2. The Kier molecular flexibility index (Phi) is 4.56. The fourth-order valence-electron chi connectivity index (χ4n) is 2.93. The van der Waals surface area contributed by atoms with E-state index in [1.54, 1.807) is 6.20 Å². The van der Waals surface area contributed by atoms with Gasteiger partial charge in [0.2, 0.25) is 11.9 Å². The summed E-state index contributed by atoms with van der Waals surface area (Å²) < 4.78 is 1.05. The SMILES string of the molecule is NCc1cccc(Nc2ncc3c(n2)-c2ccc(I)cc2NC(=O)C3)c1. The van der Waals surface area contributed by atoms with Crippen LogP contribution < -0.4 is 16.4 Å². The highest BCUT2D eigenvalue weighted by Gasteiger charge is 2.21. The Bertz CT molecular complexity index is 1000. The number of benzene rings is 2. The number of nitrogens with two attached hydrogens (primary N) is 1. The Hall–Kier alpha value is -2.52. The van der Waals surface area contributed by atoms with Gasteiger partial charge in [-0.15, -0.1) is 0 Å². The Morgan fingerprint density at radius 2 is 2.12 bits per heavy atom. The highest BCUT2D eigenvalue weighted by atomic mass is 127. The second-order valence-electron chi connectivity index (χ2n) is 6.01. The van der Waals surface area contributed by atoms with Gasteiger partial charge in [-0.2, -0.15) is 0 Å². The lowest BCUT2D eigenvalue weighted by Crippen LogP contribution is -2.12. The molecule has 0 bridgehead atoms. The molecule has 1 aliphatic heterocycles. The number of halogens is 1. The van der Waals surface area contributed by atoms with Crippen molar-refractivity contribution in [3.63, 3.8) is 0 Å². The van der Waals surface area contributed by atoms with E-state index >= 15 is 0 Å². The van der Waals surface area contributed by atoms with E-state index in [9.17, 15) is 4.79 Å². The van der Waals surface area contributed by atoms with Crippen molar-refractivity contribution >= 4 is 45.8 Å². The molecule has 1 amide bonds. The van der Waals surface area contributed by atoms with Crippen LogP contribution in [0.1, 0.15) is 11.1 Å². The lowest BCUT2D eigenvalue weighted by atomic mass is 10.1. The molecule has 7 heteroatoms. The Labute approximate surface area is 164 Å². The number of anilines is 3. The lowest BCUT2D eigenvalue weighted by Gasteiger charge is -2.11. The molecule has 0 atom stereocenters. The second kappa shape index (κ2) is 7.00. The zero-order valence-electron chi connectivity index (χ0n) is 13.8. The zero-order valence-corrected chi connectivity index (χ0v) is 15.9. The average molecular weight is 457 g/mol. The number of carbonyl (C=O) groups excluding carboxylic acids is 1. The molecule has 2 aromatic carbocycles. The van der Waals surface area contributed by atoms with E-state index in [-0.39, 0.29) is 12.3 Å². The third kappa shape index (κ3) is 3.40. The summed E-state index contributed by atoms with van der Waals surface area (Å²) >= 11 is 2.23. The van der Waals surface area contributed by atoms with E-state index in [2.05, 4.69) is 43.2 Å². The third-order valence-electron chi connectivity index (χ3n) is 4.15. The first-order chi connectivity index (χ1) is 12.6. The summed E-state index contributed by atoms with van der Waals surface area (Å²) in [7, 11) is 0. The van der Waals surface area contributed by atoms with Gasteiger partial charge < -0.3 is 16.4 Å². The monoisotopic (exact) mass is 457 g/mol. The van der Waals surface area contributed by atoms with Crippen molar-refractivity contribution in [2.24, 2.45) is 5.73 Å². The molecule has 0 saturated heterocycles. The summed E-state index contributed by atoms with van der Waals surface area (Å²) in [6.45, 7) is 0.473. The van der Waals surface area contributed by atoms with Crippen molar-refractivity contribution in [2.45, 2.75) is 13.0 Å². The first-order valence-electron chi connectivity index (χ1n) is 8.14. The summed E-state index contributed by atoms with van der Waals surface area (Å²) in [6, 6.07) is 13.7. The van der Waals surface area contributed by atoms with Gasteiger partial charge in [-0.05, 0) is 58.5 Å². The molecule has 26 heavy (non-hydrogen) atoms. The van der Waals surface area contributed by atoms with Crippen molar-refractivity contribution in [3.05, 3.63) is 63.4 Å². The molecule has 0 spiro atoms. The number of aromatic nitrogens is 2. The molecule has 0 unspecified atom stereocenters. The van der Waals surface area contributed by atoms with Gasteiger partial charge in [-0.1, -0.05) is 12.1 Å². The average Bonchev–Trinajstić information content (AvgIpc) is 2.76. The van der Waals surface area contributed by atoms with Crippen LogP contribution in [0.15, 0.2) is 48.7 Å². The van der Waals surface area contributed by atoms with E-state index < -0.39 is 0 Å². The van der Waals surface area contributed by atoms with E-state index in [4.69, 9.17) is 5.73 Å². The molecule has 0 radical (unpaired) electrons. The molecule has 4 N–H and O–H groups in total. The smallest absolute Gasteiger partial charge is 0.228 e. The largest absolute Gasteiger partial charge is 0.326 e. The molecular weight excluding hydrogens is 441 g/mol. The van der Waals surface area contributed by atoms with Gasteiger partial charge in [-0.25, -0.2) is 9.97 Å². The van der Waals surface area contributed by atoms with Crippen molar-refractivity contribution in [2.75, 3.05) is 10.6 Å². The summed E-state index contributed by atoms with van der Waals surface area (Å²) in [5.41, 5.74) is 10.8. The Balaban J connectivity index is 1.76. The van der Waals surface area contributed by atoms with E-state index in [0.29, 0.717) is 12.5 Å². The maximum absolute atomic E-state index is 12.2. The van der Waals surface area contributed by atoms with Crippen LogP contribution in [-0.2, 0) is 17.8 Å². The van der Waals surface area contributed by atoms with Gasteiger partial charge in [0.1, 0.15) is 0 Å². The number of hydrogen-bond acceptors (Lipinski definition) is 5. The number of nitrogens with zero attached hydrogens (tertiary/aromatic N) is 2. The maximum atomic E-state index is 12.2. The minimum atomic E-state index is -0.0630. The van der Waals surface area contributed by atoms with Crippen molar-refractivity contribution in [3.8, 4) is 11.3 Å². The Morgan fingerprint density at radius 3 is 2.96 bits per heavy atom. The zero-order chi connectivity index (χ0) is 18.1. The topological polar surface area (TPSA) is 92.9 Å². The van der Waals surface area contributed by atoms with E-state index in [0.717, 1.165) is 37.3 Å². The van der Waals surface area contributed by atoms with Gasteiger partial charge >= 0.3 is 0 Å². The highest BCUT2D eigenvalue weighted by molar-refractivity contribution is 14.1. The lowest BCUT2D eigenvalue weighted by molar-refractivity contribution is -0.115. The minimum absolute atomic E-state index is 0.0630. The quantitative estimate of drug-likeness (QED) is 0.524. The van der Waals surface area contributed by atoms with Crippen molar-refractivity contribution in [1.82, 2.24) is 9.97 Å². The van der Waals surface area contributed by atoms with Gasteiger partial charge in [0.25, 0.3) is 0 Å². The number of amides is 1. The fourth-order valence-corrected chi connectivity index (χ4v) is 3.42. The minimum Gasteiger partial charge on any atom is -0.326 e. The van der Waals surface area contributed by atoms with Crippen molar-refractivity contribution in [1.29, 1.82) is 0 Å². The summed E-state index contributed by atoms with van der Waals surface area (Å²) in [5, 5.41) is 6.17. The van der Waals surface area contributed by atoms with Crippen LogP contribution in [0, 0.1) is 3.57 Å². The van der Waals surface area contributed by atoms with Crippen LogP contribution >= 0.6 is 22.6 Å². The molecule has 130 valence electrons. The molecule has 2 heterocycles. The van der Waals surface area contributed by atoms with Gasteiger partial charge in [-0.3, -0.25) is 4.79 Å². The van der Waals surface area contributed by atoms with Crippen LogP contribution in [0.2, 0.25) is 0 Å². The van der Waals surface area contributed by atoms with Crippen molar-refractivity contribution < 1.29 is 4.79 Å². The normalized spacial score (nSPS) is 12.6. The number of fused-ring (bicyclic) bond motifs is 3. The van der Waals surface area contributed by atoms with Crippen LogP contribution in [0.5, 0.6) is 0 Å².